The van der Waals surface area contributed by atoms with Crippen LogP contribution in [0.25, 0.3) is 5.69 Å². The fourth-order valence-corrected chi connectivity index (χ4v) is 3.88. The number of piperazine rings is 1. The first-order chi connectivity index (χ1) is 18.0. The number of nitrogens with two attached hydrogens (primary N) is 1. The third-order valence-corrected chi connectivity index (χ3v) is 5.70. The summed E-state index contributed by atoms with van der Waals surface area (Å²) in [5, 5.41) is 15.8. The van der Waals surface area contributed by atoms with E-state index >= 15 is 0 Å². The second-order valence-corrected chi connectivity index (χ2v) is 9.65. The van der Waals surface area contributed by atoms with Crippen molar-refractivity contribution in [1.29, 1.82) is 5.26 Å². The molecule has 1 saturated heterocycles. The summed E-state index contributed by atoms with van der Waals surface area (Å²) in [4.78, 5) is 44.8. The quantitative estimate of drug-likeness (QED) is 0.523. The molecule has 0 saturated carbocycles. The van der Waals surface area contributed by atoms with Crippen LogP contribution in [0.5, 0.6) is 0 Å². The molecule has 3 N–H and O–H groups in total. The molecular weight excluding hydrogens is 488 g/mol. The summed E-state index contributed by atoms with van der Waals surface area (Å²) in [6, 6.07) is 13.8. The van der Waals surface area contributed by atoms with Gasteiger partial charge in [-0.25, -0.2) is 14.5 Å². The first-order valence-electron chi connectivity index (χ1n) is 12.0. The van der Waals surface area contributed by atoms with Crippen molar-refractivity contribution in [2.24, 2.45) is 5.73 Å². The molecule has 1 aliphatic rings. The number of hydrogen-bond donors (Lipinski definition) is 2. The molecule has 1 fully saturated rings. The predicted octanol–water partition coefficient (Wildman–Crippen LogP) is 2.55. The summed E-state index contributed by atoms with van der Waals surface area (Å²) in [5.41, 5.74) is 6.68. The van der Waals surface area contributed by atoms with Gasteiger partial charge in [0.25, 0.3) is 11.8 Å². The average molecular weight is 517 g/mol. The molecule has 12 heteroatoms. The number of rotatable bonds is 5. The molecule has 196 valence electrons. The maximum atomic E-state index is 12.6. The highest BCUT2D eigenvalue weighted by molar-refractivity contribution is 6.07. The van der Waals surface area contributed by atoms with Gasteiger partial charge in [-0.1, -0.05) is 6.07 Å². The normalized spacial score (nSPS) is 13.5. The van der Waals surface area contributed by atoms with E-state index < -0.39 is 17.4 Å². The topological polar surface area (TPSA) is 159 Å². The maximum absolute atomic E-state index is 12.6. The molecule has 38 heavy (non-hydrogen) atoms. The highest BCUT2D eigenvalue weighted by Crippen LogP contribution is 2.22. The zero-order chi connectivity index (χ0) is 27.4. The van der Waals surface area contributed by atoms with Crippen molar-refractivity contribution in [2.75, 3.05) is 36.4 Å². The number of amides is 3. The lowest BCUT2D eigenvalue weighted by Crippen LogP contribution is -2.50. The number of nitrogens with one attached hydrogen (secondary N) is 1. The van der Waals surface area contributed by atoms with E-state index in [0.717, 1.165) is 5.69 Å². The van der Waals surface area contributed by atoms with Crippen molar-refractivity contribution >= 4 is 29.3 Å². The molecule has 1 aliphatic heterocycles. The molecule has 3 aromatic rings. The molecule has 0 atom stereocenters. The van der Waals surface area contributed by atoms with Gasteiger partial charge in [0.05, 0.1) is 17.6 Å². The highest BCUT2D eigenvalue weighted by Gasteiger charge is 2.26. The summed E-state index contributed by atoms with van der Waals surface area (Å²) >= 11 is 0. The molecule has 4 rings (SSSR count). The van der Waals surface area contributed by atoms with Gasteiger partial charge in [-0.15, -0.1) is 0 Å². The number of nitrogens with zero attached hydrogens (tertiary/aromatic N) is 6. The third-order valence-electron chi connectivity index (χ3n) is 5.70. The van der Waals surface area contributed by atoms with Gasteiger partial charge in [-0.05, 0) is 57.2 Å². The van der Waals surface area contributed by atoms with Crippen LogP contribution in [0, 0.1) is 11.3 Å². The van der Waals surface area contributed by atoms with E-state index in [2.05, 4.69) is 20.3 Å². The standard InChI is InChI=1S/C26H28N8O4/c1-26(2,3)38-25(37)33-13-11-32(12-14-33)18-7-9-19(10-8-18)34-16-21(22(31-34)23(28)35)30-24(36)20-6-4-5-17(15-27)29-20/h4-10,16H,11-14H2,1-3H3,(H2,28,35)(H,30,36). The lowest BCUT2D eigenvalue weighted by Gasteiger charge is -2.36. The number of carbonyl (C=O) groups excluding carboxylic acids is 3. The monoisotopic (exact) mass is 516 g/mol. The SMILES string of the molecule is CC(C)(C)OC(=O)N1CCN(c2ccc(-n3cc(NC(=O)c4cccc(C#N)n4)c(C(N)=O)n3)cc2)CC1. The van der Waals surface area contributed by atoms with Gasteiger partial charge in [0.15, 0.2) is 5.69 Å². The summed E-state index contributed by atoms with van der Waals surface area (Å²) in [6.07, 6.45) is 1.17. The Morgan fingerprint density at radius 3 is 2.29 bits per heavy atom. The Bertz CT molecular complexity index is 1390. The molecule has 0 unspecified atom stereocenters. The lowest BCUT2D eigenvalue weighted by atomic mass is 10.2. The van der Waals surface area contributed by atoms with E-state index in [1.54, 1.807) is 4.90 Å². The number of nitriles is 1. The molecule has 1 aromatic carbocycles. The van der Waals surface area contributed by atoms with Crippen LogP contribution >= 0.6 is 0 Å². The molecule has 0 bridgehead atoms. The van der Waals surface area contributed by atoms with Crippen LogP contribution in [0.3, 0.4) is 0 Å². The van der Waals surface area contributed by atoms with Crippen molar-refractivity contribution in [3.05, 3.63) is 65.7 Å². The van der Waals surface area contributed by atoms with E-state index in [4.69, 9.17) is 15.7 Å². The van der Waals surface area contributed by atoms with E-state index in [1.807, 2.05) is 51.1 Å². The van der Waals surface area contributed by atoms with Crippen LogP contribution in [0.4, 0.5) is 16.2 Å². The second kappa shape index (κ2) is 10.6. The first-order valence-corrected chi connectivity index (χ1v) is 12.0. The summed E-state index contributed by atoms with van der Waals surface area (Å²) in [5.74, 6) is -1.41. The Kier molecular flexibility index (Phi) is 7.29. The average Bonchev–Trinajstić information content (AvgIpc) is 3.32. The number of pyridine rings is 1. The van der Waals surface area contributed by atoms with E-state index in [-0.39, 0.29) is 28.9 Å². The van der Waals surface area contributed by atoms with Crippen molar-refractivity contribution < 1.29 is 19.1 Å². The fourth-order valence-electron chi connectivity index (χ4n) is 3.88. The molecule has 12 nitrogen and oxygen atoms in total. The number of anilines is 2. The fraction of sp³-hybridized carbons (Fsp3) is 0.308. The van der Waals surface area contributed by atoms with E-state index in [0.29, 0.717) is 31.9 Å². The number of primary amides is 1. The van der Waals surface area contributed by atoms with Gasteiger partial charge < -0.3 is 25.6 Å². The first kappa shape index (κ1) is 26.2. The van der Waals surface area contributed by atoms with Crippen LogP contribution in [-0.4, -0.2) is 69.4 Å². The highest BCUT2D eigenvalue weighted by atomic mass is 16.6. The van der Waals surface area contributed by atoms with Crippen molar-refractivity contribution in [2.45, 2.75) is 26.4 Å². The zero-order valence-electron chi connectivity index (χ0n) is 21.3. The van der Waals surface area contributed by atoms with Gasteiger partial charge in [0, 0.05) is 31.9 Å². The second-order valence-electron chi connectivity index (χ2n) is 9.65. The van der Waals surface area contributed by atoms with Gasteiger partial charge in [0.2, 0.25) is 0 Å². The van der Waals surface area contributed by atoms with Gasteiger partial charge in [-0.3, -0.25) is 9.59 Å². The number of benzene rings is 1. The van der Waals surface area contributed by atoms with Crippen molar-refractivity contribution in [1.82, 2.24) is 19.7 Å². The molecule has 0 aliphatic carbocycles. The largest absolute Gasteiger partial charge is 0.444 e. The maximum Gasteiger partial charge on any atom is 0.410 e. The van der Waals surface area contributed by atoms with Crippen LogP contribution in [0.15, 0.2) is 48.7 Å². The predicted molar refractivity (Wildman–Crippen MR) is 139 cm³/mol. The van der Waals surface area contributed by atoms with Crippen LogP contribution in [0.1, 0.15) is 47.4 Å². The Morgan fingerprint density at radius 1 is 1.03 bits per heavy atom. The molecule has 0 radical (unpaired) electrons. The van der Waals surface area contributed by atoms with Crippen LogP contribution < -0.4 is 16.0 Å². The smallest absolute Gasteiger partial charge is 0.410 e. The van der Waals surface area contributed by atoms with Crippen molar-refractivity contribution in [3.63, 3.8) is 0 Å². The zero-order valence-corrected chi connectivity index (χ0v) is 21.3. The van der Waals surface area contributed by atoms with Crippen LogP contribution in [-0.2, 0) is 4.74 Å². The minimum absolute atomic E-state index is 0.0170. The molecule has 2 aromatic heterocycles. The minimum atomic E-state index is -0.808. The molecule has 3 heterocycles. The third kappa shape index (κ3) is 6.07. The van der Waals surface area contributed by atoms with Crippen molar-refractivity contribution in [3.8, 4) is 11.8 Å². The molecule has 0 spiro atoms. The molecule has 3 amide bonds. The van der Waals surface area contributed by atoms with E-state index in [1.165, 1.54) is 29.1 Å². The lowest BCUT2D eigenvalue weighted by molar-refractivity contribution is 0.0240. The van der Waals surface area contributed by atoms with Gasteiger partial charge in [0.1, 0.15) is 23.1 Å². The summed E-state index contributed by atoms with van der Waals surface area (Å²) < 4.78 is 6.90. The Labute approximate surface area is 219 Å². The minimum Gasteiger partial charge on any atom is -0.444 e. The number of aromatic nitrogens is 3. The van der Waals surface area contributed by atoms with Crippen LogP contribution in [0.2, 0.25) is 0 Å². The molecular formula is C26H28N8O4. The van der Waals surface area contributed by atoms with Gasteiger partial charge >= 0.3 is 6.09 Å². The Morgan fingerprint density at radius 2 is 1.68 bits per heavy atom. The Balaban J connectivity index is 1.45. The summed E-state index contributed by atoms with van der Waals surface area (Å²) in [6.45, 7) is 7.94. The van der Waals surface area contributed by atoms with Gasteiger partial charge in [-0.2, -0.15) is 10.4 Å². The Hall–Kier alpha value is -4.92. The summed E-state index contributed by atoms with van der Waals surface area (Å²) in [7, 11) is 0. The van der Waals surface area contributed by atoms with E-state index in [9.17, 15) is 14.4 Å². The number of hydrogen-bond acceptors (Lipinski definition) is 8. The number of carbonyl (C=O) groups is 3. The number of ether oxygens (including phenoxy) is 1.